The molecule has 3 aliphatic rings. The van der Waals surface area contributed by atoms with E-state index in [1.807, 2.05) is 0 Å². The average Bonchev–Trinajstić information content (AvgIpc) is 3.23. The Morgan fingerprint density at radius 3 is 2.17 bits per heavy atom. The SMILES string of the molecule is CN(C1CCC(N)CC1)C1CCCC(C2CC2)C1. The molecule has 3 aliphatic carbocycles. The fourth-order valence-corrected chi connectivity index (χ4v) is 4.37. The Hall–Kier alpha value is -0.0800. The zero-order valence-corrected chi connectivity index (χ0v) is 12.0. The molecular formula is C16H30N2. The zero-order chi connectivity index (χ0) is 12.5. The highest BCUT2D eigenvalue weighted by molar-refractivity contribution is 4.90. The highest BCUT2D eigenvalue weighted by atomic mass is 15.2. The molecule has 2 N–H and O–H groups in total. The molecule has 0 amide bonds. The molecule has 3 fully saturated rings. The second-order valence-corrected chi connectivity index (χ2v) is 7.15. The largest absolute Gasteiger partial charge is 0.328 e. The monoisotopic (exact) mass is 250 g/mol. The van der Waals surface area contributed by atoms with Gasteiger partial charge in [-0.15, -0.1) is 0 Å². The summed E-state index contributed by atoms with van der Waals surface area (Å²) in [6, 6.07) is 2.19. The van der Waals surface area contributed by atoms with Crippen molar-refractivity contribution >= 4 is 0 Å². The van der Waals surface area contributed by atoms with E-state index in [0.717, 1.165) is 23.9 Å². The van der Waals surface area contributed by atoms with Gasteiger partial charge >= 0.3 is 0 Å². The van der Waals surface area contributed by atoms with Crippen molar-refractivity contribution in [1.82, 2.24) is 4.90 Å². The summed E-state index contributed by atoms with van der Waals surface area (Å²) in [4.78, 5) is 2.74. The third-order valence-electron chi connectivity index (χ3n) is 5.87. The van der Waals surface area contributed by atoms with Crippen LogP contribution in [0.25, 0.3) is 0 Å². The summed E-state index contributed by atoms with van der Waals surface area (Å²) in [5.74, 6) is 2.18. The van der Waals surface area contributed by atoms with E-state index in [-0.39, 0.29) is 0 Å². The standard InChI is InChI=1S/C16H30N2/c1-18(15-9-7-14(17)8-10-15)16-4-2-3-13(11-16)12-5-6-12/h12-16H,2-11,17H2,1H3. The predicted molar refractivity (Wildman–Crippen MR) is 76.5 cm³/mol. The van der Waals surface area contributed by atoms with Crippen molar-refractivity contribution in [2.24, 2.45) is 17.6 Å². The Morgan fingerprint density at radius 1 is 0.778 bits per heavy atom. The molecule has 0 aromatic rings. The molecule has 0 radical (unpaired) electrons. The molecule has 2 heteroatoms. The van der Waals surface area contributed by atoms with E-state index in [0.29, 0.717) is 6.04 Å². The lowest BCUT2D eigenvalue weighted by Gasteiger charge is -2.42. The van der Waals surface area contributed by atoms with Gasteiger partial charge in [0, 0.05) is 18.1 Å². The van der Waals surface area contributed by atoms with E-state index in [1.54, 1.807) is 0 Å². The van der Waals surface area contributed by atoms with Crippen molar-refractivity contribution < 1.29 is 0 Å². The number of rotatable bonds is 3. The van der Waals surface area contributed by atoms with Crippen molar-refractivity contribution in [3.8, 4) is 0 Å². The number of hydrogen-bond acceptors (Lipinski definition) is 2. The Kier molecular flexibility index (Phi) is 3.95. The summed E-state index contributed by atoms with van der Waals surface area (Å²) in [5, 5.41) is 0. The lowest BCUT2D eigenvalue weighted by atomic mass is 9.80. The molecule has 2 nitrogen and oxygen atoms in total. The Bertz CT molecular complexity index is 266. The molecule has 0 aromatic carbocycles. The highest BCUT2D eigenvalue weighted by Crippen LogP contribution is 2.45. The van der Waals surface area contributed by atoms with Crippen LogP contribution in [0.15, 0.2) is 0 Å². The lowest BCUT2D eigenvalue weighted by molar-refractivity contribution is 0.0850. The number of hydrogen-bond donors (Lipinski definition) is 1. The molecule has 18 heavy (non-hydrogen) atoms. The molecule has 104 valence electrons. The minimum absolute atomic E-state index is 0.486. The third kappa shape index (κ3) is 2.91. The van der Waals surface area contributed by atoms with Crippen LogP contribution >= 0.6 is 0 Å². The van der Waals surface area contributed by atoms with Gasteiger partial charge < -0.3 is 10.6 Å². The quantitative estimate of drug-likeness (QED) is 0.833. The van der Waals surface area contributed by atoms with Gasteiger partial charge in [-0.2, -0.15) is 0 Å². The van der Waals surface area contributed by atoms with Crippen LogP contribution in [0, 0.1) is 11.8 Å². The molecule has 3 rings (SSSR count). The van der Waals surface area contributed by atoms with E-state index in [1.165, 1.54) is 64.2 Å². The maximum absolute atomic E-state index is 6.03. The first-order valence-corrected chi connectivity index (χ1v) is 8.21. The number of nitrogens with zero attached hydrogens (tertiary/aromatic N) is 1. The molecule has 0 heterocycles. The van der Waals surface area contributed by atoms with E-state index >= 15 is 0 Å². The summed E-state index contributed by atoms with van der Waals surface area (Å²) >= 11 is 0. The van der Waals surface area contributed by atoms with Gasteiger partial charge in [-0.25, -0.2) is 0 Å². The van der Waals surface area contributed by atoms with Crippen LogP contribution in [0.3, 0.4) is 0 Å². The van der Waals surface area contributed by atoms with E-state index in [4.69, 9.17) is 5.73 Å². The summed E-state index contributed by atoms with van der Waals surface area (Å²) in [6.45, 7) is 0. The fourth-order valence-electron chi connectivity index (χ4n) is 4.37. The number of nitrogens with two attached hydrogens (primary N) is 1. The minimum atomic E-state index is 0.486. The van der Waals surface area contributed by atoms with Crippen LogP contribution < -0.4 is 5.73 Å². The van der Waals surface area contributed by atoms with Gasteiger partial charge in [0.2, 0.25) is 0 Å². The molecule has 2 unspecified atom stereocenters. The van der Waals surface area contributed by atoms with Crippen molar-refractivity contribution in [2.75, 3.05) is 7.05 Å². The van der Waals surface area contributed by atoms with Crippen molar-refractivity contribution in [3.63, 3.8) is 0 Å². The smallest absolute Gasteiger partial charge is 0.00978 e. The Morgan fingerprint density at radius 2 is 1.50 bits per heavy atom. The topological polar surface area (TPSA) is 29.3 Å². The van der Waals surface area contributed by atoms with Crippen LogP contribution in [0.1, 0.15) is 64.2 Å². The first-order chi connectivity index (χ1) is 8.74. The van der Waals surface area contributed by atoms with E-state index in [9.17, 15) is 0 Å². The summed E-state index contributed by atoms with van der Waals surface area (Å²) in [7, 11) is 2.39. The van der Waals surface area contributed by atoms with Crippen LogP contribution in [0.2, 0.25) is 0 Å². The van der Waals surface area contributed by atoms with E-state index in [2.05, 4.69) is 11.9 Å². The van der Waals surface area contributed by atoms with Gasteiger partial charge in [0.1, 0.15) is 0 Å². The lowest BCUT2D eigenvalue weighted by Crippen LogP contribution is -2.45. The maximum Gasteiger partial charge on any atom is 0.00978 e. The molecule has 0 aliphatic heterocycles. The average molecular weight is 250 g/mol. The molecular weight excluding hydrogens is 220 g/mol. The summed E-state index contributed by atoms with van der Waals surface area (Å²) in [6.07, 6.45) is 14.1. The zero-order valence-electron chi connectivity index (χ0n) is 12.0. The van der Waals surface area contributed by atoms with Crippen LogP contribution in [0.4, 0.5) is 0 Å². The molecule has 0 spiro atoms. The fraction of sp³-hybridized carbons (Fsp3) is 1.00. The van der Waals surface area contributed by atoms with Gasteiger partial charge in [0.05, 0.1) is 0 Å². The third-order valence-corrected chi connectivity index (χ3v) is 5.87. The molecule has 3 saturated carbocycles. The first kappa shape index (κ1) is 12.9. The summed E-state index contributed by atoms with van der Waals surface area (Å²) < 4.78 is 0. The van der Waals surface area contributed by atoms with Crippen molar-refractivity contribution in [3.05, 3.63) is 0 Å². The molecule has 0 aromatic heterocycles. The molecule has 0 bridgehead atoms. The Labute approximate surface area is 112 Å². The van der Waals surface area contributed by atoms with Crippen LogP contribution in [-0.2, 0) is 0 Å². The van der Waals surface area contributed by atoms with Crippen LogP contribution in [-0.4, -0.2) is 30.1 Å². The second-order valence-electron chi connectivity index (χ2n) is 7.15. The van der Waals surface area contributed by atoms with Crippen LogP contribution in [0.5, 0.6) is 0 Å². The van der Waals surface area contributed by atoms with Gasteiger partial charge in [0.15, 0.2) is 0 Å². The maximum atomic E-state index is 6.03. The minimum Gasteiger partial charge on any atom is -0.328 e. The van der Waals surface area contributed by atoms with Crippen molar-refractivity contribution in [2.45, 2.75) is 82.3 Å². The highest BCUT2D eigenvalue weighted by Gasteiger charge is 2.37. The van der Waals surface area contributed by atoms with Gasteiger partial charge in [-0.1, -0.05) is 12.8 Å². The predicted octanol–water partition coefficient (Wildman–Crippen LogP) is 3.16. The van der Waals surface area contributed by atoms with E-state index < -0.39 is 0 Å². The first-order valence-electron chi connectivity index (χ1n) is 8.21. The normalized spacial score (nSPS) is 42.2. The second kappa shape index (κ2) is 5.50. The van der Waals surface area contributed by atoms with Gasteiger partial charge in [0.25, 0.3) is 0 Å². The van der Waals surface area contributed by atoms with Gasteiger partial charge in [-0.3, -0.25) is 0 Å². The summed E-state index contributed by atoms with van der Waals surface area (Å²) in [5.41, 5.74) is 6.03. The molecule has 0 saturated heterocycles. The molecule has 2 atom stereocenters. The van der Waals surface area contributed by atoms with Crippen molar-refractivity contribution in [1.29, 1.82) is 0 Å². The Balaban J connectivity index is 1.52. The van der Waals surface area contributed by atoms with Gasteiger partial charge in [-0.05, 0) is 70.3 Å².